The van der Waals surface area contributed by atoms with Crippen molar-refractivity contribution in [2.24, 2.45) is 0 Å². The third kappa shape index (κ3) is 3.90. The average Bonchev–Trinajstić information content (AvgIpc) is 3.22. The largest absolute Gasteiger partial charge is 0.497 e. The van der Waals surface area contributed by atoms with Gasteiger partial charge in [-0.15, -0.1) is 0 Å². The Hall–Kier alpha value is -4.45. The molecule has 0 aliphatic carbocycles. The van der Waals surface area contributed by atoms with E-state index in [1.54, 1.807) is 13.2 Å². The molecule has 6 nitrogen and oxygen atoms in total. The average molecular weight is 450 g/mol. The van der Waals surface area contributed by atoms with E-state index in [0.29, 0.717) is 27.7 Å². The molecule has 0 aliphatic rings. The quantitative estimate of drug-likeness (QED) is 0.264. The summed E-state index contributed by atoms with van der Waals surface area (Å²) in [4.78, 5) is 34.0. The van der Waals surface area contributed by atoms with Crippen LogP contribution in [0.3, 0.4) is 0 Å². The highest BCUT2D eigenvalue weighted by atomic mass is 16.5. The lowest BCUT2D eigenvalue weighted by molar-refractivity contribution is 0.0477. The number of nitrogens with one attached hydrogen (secondary N) is 1. The number of esters is 1. The Morgan fingerprint density at radius 3 is 2.38 bits per heavy atom. The van der Waals surface area contributed by atoms with Crippen LogP contribution in [0, 0.1) is 6.92 Å². The Bertz CT molecular complexity index is 1530. The lowest BCUT2D eigenvalue weighted by atomic mass is 10.0. The van der Waals surface area contributed by atoms with Crippen molar-refractivity contribution in [3.05, 3.63) is 95.7 Å². The smallest absolute Gasteiger partial charge is 0.339 e. The summed E-state index contributed by atoms with van der Waals surface area (Å²) in [6, 6.07) is 24.1. The lowest BCUT2D eigenvalue weighted by Gasteiger charge is -2.10. The number of H-pyrrole nitrogens is 1. The van der Waals surface area contributed by atoms with Crippen molar-refractivity contribution in [1.29, 1.82) is 0 Å². The maximum atomic E-state index is 13.1. The zero-order chi connectivity index (χ0) is 23.7. The summed E-state index contributed by atoms with van der Waals surface area (Å²) in [6.07, 6.45) is 0. The second kappa shape index (κ2) is 8.83. The molecule has 5 rings (SSSR count). The minimum atomic E-state index is -0.570. The lowest BCUT2D eigenvalue weighted by Crippen LogP contribution is -2.15. The van der Waals surface area contributed by atoms with Crippen LogP contribution in [0.1, 0.15) is 26.4 Å². The molecule has 5 aromatic rings. The first-order chi connectivity index (χ1) is 16.5. The molecule has 0 radical (unpaired) electrons. The number of hydrogen-bond donors (Lipinski definition) is 1. The number of rotatable bonds is 6. The van der Waals surface area contributed by atoms with Crippen LogP contribution in [0.15, 0.2) is 78.9 Å². The number of ketones is 1. The Morgan fingerprint density at radius 1 is 0.912 bits per heavy atom. The first kappa shape index (κ1) is 21.4. The normalized spacial score (nSPS) is 11.0. The molecule has 6 heteroatoms. The minimum Gasteiger partial charge on any atom is -0.497 e. The van der Waals surface area contributed by atoms with Gasteiger partial charge in [0.1, 0.15) is 5.75 Å². The van der Waals surface area contributed by atoms with E-state index in [1.165, 1.54) is 0 Å². The standard InChI is InChI=1S/C28H22N2O4/c1-17-27(21-8-4-6-10-24(21)29-17)26(31)16-34-28(32)22-15-25(18-11-13-19(33-2)14-12-18)30-23-9-5-3-7-20(22)23/h3-15,29H,16H2,1-2H3. The maximum Gasteiger partial charge on any atom is 0.339 e. The Balaban J connectivity index is 1.45. The van der Waals surface area contributed by atoms with Crippen molar-refractivity contribution in [3.8, 4) is 17.0 Å². The van der Waals surface area contributed by atoms with Crippen LogP contribution in [-0.4, -0.2) is 35.4 Å². The van der Waals surface area contributed by atoms with Crippen LogP contribution in [-0.2, 0) is 4.74 Å². The molecular weight excluding hydrogens is 428 g/mol. The number of carbonyl (C=O) groups excluding carboxylic acids is 2. The fourth-order valence-electron chi connectivity index (χ4n) is 4.17. The summed E-state index contributed by atoms with van der Waals surface area (Å²) in [5.74, 6) is -0.0912. The van der Waals surface area contributed by atoms with Crippen LogP contribution in [0.2, 0.25) is 0 Å². The minimum absolute atomic E-state index is 0.253. The maximum absolute atomic E-state index is 13.1. The van der Waals surface area contributed by atoms with Gasteiger partial charge in [0.05, 0.1) is 23.9 Å². The molecule has 0 bridgehead atoms. The molecule has 1 N–H and O–H groups in total. The number of nitrogens with zero attached hydrogens (tertiary/aromatic N) is 1. The van der Waals surface area contributed by atoms with E-state index < -0.39 is 5.97 Å². The van der Waals surface area contributed by atoms with E-state index in [-0.39, 0.29) is 12.4 Å². The molecule has 0 fully saturated rings. The highest BCUT2D eigenvalue weighted by Gasteiger charge is 2.20. The predicted octanol–water partition coefficient (Wildman–Crippen LogP) is 5.74. The number of hydrogen-bond acceptors (Lipinski definition) is 5. The Labute approximate surface area is 196 Å². The van der Waals surface area contributed by atoms with Gasteiger partial charge >= 0.3 is 5.97 Å². The van der Waals surface area contributed by atoms with E-state index in [4.69, 9.17) is 14.5 Å². The van der Waals surface area contributed by atoms with Crippen LogP contribution in [0.5, 0.6) is 5.75 Å². The van der Waals surface area contributed by atoms with E-state index in [2.05, 4.69) is 4.98 Å². The second-order valence-corrected chi connectivity index (χ2v) is 7.97. The first-order valence-corrected chi connectivity index (χ1v) is 10.9. The Morgan fingerprint density at radius 2 is 1.62 bits per heavy atom. The molecular formula is C28H22N2O4. The SMILES string of the molecule is COc1ccc(-c2cc(C(=O)OCC(=O)c3c(C)[nH]c4ccccc34)c3ccccc3n2)cc1. The van der Waals surface area contributed by atoms with Crippen molar-refractivity contribution < 1.29 is 19.1 Å². The van der Waals surface area contributed by atoms with Gasteiger partial charge in [-0.05, 0) is 49.4 Å². The van der Waals surface area contributed by atoms with Gasteiger partial charge in [0, 0.05) is 33.1 Å². The molecule has 168 valence electrons. The van der Waals surface area contributed by atoms with Crippen LogP contribution >= 0.6 is 0 Å². The molecule has 0 unspecified atom stereocenters. The first-order valence-electron chi connectivity index (χ1n) is 10.9. The predicted molar refractivity (Wildman–Crippen MR) is 131 cm³/mol. The fraction of sp³-hybridized carbons (Fsp3) is 0.107. The van der Waals surface area contributed by atoms with Crippen LogP contribution in [0.4, 0.5) is 0 Å². The van der Waals surface area contributed by atoms with Crippen molar-refractivity contribution in [3.63, 3.8) is 0 Å². The molecule has 2 aromatic heterocycles. The van der Waals surface area contributed by atoms with E-state index in [0.717, 1.165) is 27.9 Å². The van der Waals surface area contributed by atoms with Gasteiger partial charge in [-0.3, -0.25) is 4.79 Å². The van der Waals surface area contributed by atoms with Gasteiger partial charge in [0.25, 0.3) is 0 Å². The summed E-state index contributed by atoms with van der Waals surface area (Å²) < 4.78 is 10.7. The van der Waals surface area contributed by atoms with Crippen molar-refractivity contribution >= 4 is 33.6 Å². The van der Waals surface area contributed by atoms with Crippen LogP contribution < -0.4 is 4.74 Å². The van der Waals surface area contributed by atoms with Gasteiger partial charge < -0.3 is 14.5 Å². The number of aryl methyl sites for hydroxylation is 1. The third-order valence-corrected chi connectivity index (χ3v) is 5.83. The number of ether oxygens (including phenoxy) is 2. The zero-order valence-electron chi connectivity index (χ0n) is 18.8. The third-order valence-electron chi connectivity index (χ3n) is 5.83. The summed E-state index contributed by atoms with van der Waals surface area (Å²) >= 11 is 0. The highest BCUT2D eigenvalue weighted by Crippen LogP contribution is 2.27. The van der Waals surface area contributed by atoms with E-state index in [9.17, 15) is 9.59 Å². The zero-order valence-corrected chi connectivity index (χ0v) is 18.8. The number of para-hydroxylation sites is 2. The van der Waals surface area contributed by atoms with Gasteiger partial charge in [-0.2, -0.15) is 0 Å². The number of benzene rings is 3. The van der Waals surface area contributed by atoms with Crippen molar-refractivity contribution in [1.82, 2.24) is 9.97 Å². The summed E-state index contributed by atoms with van der Waals surface area (Å²) in [6.45, 7) is 1.49. The van der Waals surface area contributed by atoms with Gasteiger partial charge in [0.2, 0.25) is 5.78 Å². The molecule has 0 saturated carbocycles. The molecule has 0 aliphatic heterocycles. The van der Waals surface area contributed by atoms with Gasteiger partial charge in [-0.25, -0.2) is 9.78 Å². The number of methoxy groups -OCH3 is 1. The second-order valence-electron chi connectivity index (χ2n) is 7.97. The molecule has 34 heavy (non-hydrogen) atoms. The molecule has 0 amide bonds. The number of fused-ring (bicyclic) bond motifs is 2. The molecule has 0 atom stereocenters. The molecule has 0 spiro atoms. The Kier molecular flexibility index (Phi) is 5.55. The van der Waals surface area contributed by atoms with E-state index in [1.807, 2.05) is 79.7 Å². The van der Waals surface area contributed by atoms with Crippen molar-refractivity contribution in [2.75, 3.05) is 13.7 Å². The van der Waals surface area contributed by atoms with Gasteiger partial charge in [-0.1, -0.05) is 36.4 Å². The monoisotopic (exact) mass is 450 g/mol. The highest BCUT2D eigenvalue weighted by molar-refractivity contribution is 6.11. The molecule has 2 heterocycles. The van der Waals surface area contributed by atoms with Crippen LogP contribution in [0.25, 0.3) is 33.1 Å². The number of Topliss-reactive ketones (excluding diaryl/α,β-unsaturated/α-hetero) is 1. The number of aromatic amines is 1. The number of pyridine rings is 1. The summed E-state index contributed by atoms with van der Waals surface area (Å²) in [7, 11) is 1.61. The van der Waals surface area contributed by atoms with Crippen molar-refractivity contribution in [2.45, 2.75) is 6.92 Å². The molecule has 0 saturated heterocycles. The summed E-state index contributed by atoms with van der Waals surface area (Å²) in [5.41, 5.74) is 4.67. The number of aromatic nitrogens is 2. The van der Waals surface area contributed by atoms with Gasteiger partial charge in [0.15, 0.2) is 6.61 Å². The molecule has 3 aromatic carbocycles. The number of carbonyl (C=O) groups is 2. The topological polar surface area (TPSA) is 81.3 Å². The van der Waals surface area contributed by atoms with E-state index >= 15 is 0 Å². The fourth-order valence-corrected chi connectivity index (χ4v) is 4.17. The summed E-state index contributed by atoms with van der Waals surface area (Å²) in [5, 5.41) is 1.48.